The standard InChI is InChI=1S/C33H38F3N5O4S/c1-4-44-29-15-10-24(22-30(29)45-5-2)16-17-37-32-27-8-6-7-9-28(27)38-31(39-32)23(3)40-18-20-41(21-19-40)46(42,43)26-13-11-25(12-14-26)33(34,35)36/h6-15,22-23H,4-5,16-21H2,1-3H3,(H,37,38,39). The molecule has 4 aromatic rings. The second-order valence-electron chi connectivity index (χ2n) is 10.9. The van der Waals surface area contributed by atoms with Gasteiger partial charge in [-0.05, 0) is 81.3 Å². The largest absolute Gasteiger partial charge is 0.490 e. The minimum atomic E-state index is -4.53. The van der Waals surface area contributed by atoms with Crippen LogP contribution in [-0.2, 0) is 22.6 Å². The molecule has 1 N–H and O–H groups in total. The number of halogens is 3. The molecule has 0 spiro atoms. The summed E-state index contributed by atoms with van der Waals surface area (Å²) in [6, 6.07) is 17.1. The van der Waals surface area contributed by atoms with Gasteiger partial charge in [0.15, 0.2) is 11.5 Å². The summed E-state index contributed by atoms with van der Waals surface area (Å²) in [5, 5.41) is 4.38. The molecule has 1 aliphatic rings. The Morgan fingerprint density at radius 2 is 1.57 bits per heavy atom. The van der Waals surface area contributed by atoms with Crippen LogP contribution in [0.2, 0.25) is 0 Å². The van der Waals surface area contributed by atoms with Crippen LogP contribution in [-0.4, -0.2) is 73.5 Å². The van der Waals surface area contributed by atoms with Crippen molar-refractivity contribution >= 4 is 26.7 Å². The first kappa shape index (κ1) is 33.4. The van der Waals surface area contributed by atoms with Crippen LogP contribution in [0.3, 0.4) is 0 Å². The van der Waals surface area contributed by atoms with E-state index in [0.29, 0.717) is 44.5 Å². The number of aromatic nitrogens is 2. The molecule has 0 saturated carbocycles. The lowest BCUT2D eigenvalue weighted by Crippen LogP contribution is -2.49. The molecule has 1 aromatic heterocycles. The number of rotatable bonds is 12. The molecule has 0 aliphatic carbocycles. The third kappa shape index (κ3) is 7.54. The Kier molecular flexibility index (Phi) is 10.3. The highest BCUT2D eigenvalue weighted by molar-refractivity contribution is 7.89. The number of para-hydroxylation sites is 1. The molecule has 1 fully saturated rings. The molecular formula is C33H38F3N5O4S. The van der Waals surface area contributed by atoms with Gasteiger partial charge in [0.05, 0.1) is 35.2 Å². The predicted molar refractivity (Wildman–Crippen MR) is 171 cm³/mol. The molecule has 0 radical (unpaired) electrons. The van der Waals surface area contributed by atoms with E-state index in [4.69, 9.17) is 19.4 Å². The van der Waals surface area contributed by atoms with Gasteiger partial charge in [-0.25, -0.2) is 18.4 Å². The smallest absolute Gasteiger partial charge is 0.416 e. The lowest BCUT2D eigenvalue weighted by molar-refractivity contribution is -0.137. The van der Waals surface area contributed by atoms with Crippen molar-refractivity contribution in [3.05, 3.63) is 83.7 Å². The fourth-order valence-corrected chi connectivity index (χ4v) is 6.87. The minimum absolute atomic E-state index is 0.157. The number of fused-ring (bicyclic) bond motifs is 1. The van der Waals surface area contributed by atoms with Crippen LogP contribution < -0.4 is 14.8 Å². The monoisotopic (exact) mass is 657 g/mol. The van der Waals surface area contributed by atoms with E-state index in [2.05, 4.69) is 10.2 Å². The zero-order valence-corrected chi connectivity index (χ0v) is 26.9. The van der Waals surface area contributed by atoms with Crippen LogP contribution in [0, 0.1) is 0 Å². The van der Waals surface area contributed by atoms with E-state index in [1.54, 1.807) is 0 Å². The van der Waals surface area contributed by atoms with E-state index in [0.717, 1.165) is 58.7 Å². The van der Waals surface area contributed by atoms with E-state index < -0.39 is 21.8 Å². The first-order valence-corrected chi connectivity index (χ1v) is 16.8. The summed E-state index contributed by atoms with van der Waals surface area (Å²) in [5.74, 6) is 2.77. The van der Waals surface area contributed by atoms with Crippen molar-refractivity contribution in [3.8, 4) is 11.5 Å². The average Bonchev–Trinajstić information content (AvgIpc) is 3.05. The first-order valence-electron chi connectivity index (χ1n) is 15.3. The van der Waals surface area contributed by atoms with Crippen molar-refractivity contribution in [3.63, 3.8) is 0 Å². The van der Waals surface area contributed by atoms with Crippen LogP contribution in [0.5, 0.6) is 11.5 Å². The molecule has 1 unspecified atom stereocenters. The highest BCUT2D eigenvalue weighted by Gasteiger charge is 2.33. The molecule has 13 heteroatoms. The summed E-state index contributed by atoms with van der Waals surface area (Å²) in [6.07, 6.45) is -3.81. The fourth-order valence-electron chi connectivity index (χ4n) is 5.45. The number of anilines is 1. The average molecular weight is 658 g/mol. The summed E-state index contributed by atoms with van der Waals surface area (Å²) < 4.78 is 78.0. The molecule has 1 atom stereocenters. The molecule has 1 saturated heterocycles. The van der Waals surface area contributed by atoms with Gasteiger partial charge in [-0.3, -0.25) is 4.90 Å². The van der Waals surface area contributed by atoms with Crippen molar-refractivity contribution in [1.82, 2.24) is 19.2 Å². The Balaban J connectivity index is 1.26. The SMILES string of the molecule is CCOc1ccc(CCNc2nc(C(C)N3CCN(S(=O)(=O)c4ccc(C(F)(F)F)cc4)CC3)nc3ccccc23)cc1OCC. The maximum Gasteiger partial charge on any atom is 0.416 e. The minimum Gasteiger partial charge on any atom is -0.490 e. The van der Waals surface area contributed by atoms with Crippen molar-refractivity contribution < 1.29 is 31.1 Å². The summed E-state index contributed by atoms with van der Waals surface area (Å²) in [6.45, 7) is 8.80. The molecule has 246 valence electrons. The first-order chi connectivity index (χ1) is 22.0. The van der Waals surface area contributed by atoms with Crippen LogP contribution >= 0.6 is 0 Å². The molecular weight excluding hydrogens is 619 g/mol. The van der Waals surface area contributed by atoms with Crippen molar-refractivity contribution in [2.24, 2.45) is 0 Å². The second-order valence-corrected chi connectivity index (χ2v) is 12.8. The summed E-state index contributed by atoms with van der Waals surface area (Å²) in [7, 11) is -3.94. The van der Waals surface area contributed by atoms with Gasteiger partial charge in [-0.1, -0.05) is 18.2 Å². The summed E-state index contributed by atoms with van der Waals surface area (Å²) in [5.41, 5.74) is 1.00. The van der Waals surface area contributed by atoms with Gasteiger partial charge in [0, 0.05) is 38.1 Å². The maximum atomic E-state index is 13.2. The van der Waals surface area contributed by atoms with Gasteiger partial charge in [0.1, 0.15) is 11.6 Å². The highest BCUT2D eigenvalue weighted by atomic mass is 32.2. The van der Waals surface area contributed by atoms with E-state index in [-0.39, 0.29) is 24.0 Å². The van der Waals surface area contributed by atoms with Crippen LogP contribution in [0.4, 0.5) is 19.0 Å². The quantitative estimate of drug-likeness (QED) is 0.193. The highest BCUT2D eigenvalue weighted by Crippen LogP contribution is 2.32. The number of ether oxygens (including phenoxy) is 2. The molecule has 9 nitrogen and oxygen atoms in total. The van der Waals surface area contributed by atoms with Gasteiger partial charge in [0.2, 0.25) is 10.0 Å². The number of hydrogen-bond donors (Lipinski definition) is 1. The second kappa shape index (κ2) is 14.2. The molecule has 2 heterocycles. The Morgan fingerprint density at radius 3 is 2.24 bits per heavy atom. The number of nitrogens with zero attached hydrogens (tertiary/aromatic N) is 4. The Bertz CT molecular complexity index is 1740. The van der Waals surface area contributed by atoms with Crippen LogP contribution in [0.15, 0.2) is 71.6 Å². The molecule has 0 amide bonds. The third-order valence-corrected chi connectivity index (χ3v) is 9.86. The lowest BCUT2D eigenvalue weighted by atomic mass is 10.1. The van der Waals surface area contributed by atoms with Gasteiger partial charge in [0.25, 0.3) is 0 Å². The van der Waals surface area contributed by atoms with Crippen molar-refractivity contribution in [2.45, 2.75) is 44.3 Å². The van der Waals surface area contributed by atoms with Gasteiger partial charge in [-0.15, -0.1) is 0 Å². The van der Waals surface area contributed by atoms with Gasteiger partial charge < -0.3 is 14.8 Å². The van der Waals surface area contributed by atoms with Crippen LogP contribution in [0.25, 0.3) is 10.9 Å². The van der Waals surface area contributed by atoms with E-state index >= 15 is 0 Å². The summed E-state index contributed by atoms with van der Waals surface area (Å²) in [4.78, 5) is 11.7. The lowest BCUT2D eigenvalue weighted by Gasteiger charge is -2.37. The van der Waals surface area contributed by atoms with Gasteiger partial charge >= 0.3 is 6.18 Å². The molecule has 1 aliphatic heterocycles. The topological polar surface area (TPSA) is 96.9 Å². The zero-order valence-electron chi connectivity index (χ0n) is 26.0. The third-order valence-electron chi connectivity index (χ3n) is 7.95. The Morgan fingerprint density at radius 1 is 0.891 bits per heavy atom. The van der Waals surface area contributed by atoms with E-state index in [1.165, 1.54) is 4.31 Å². The number of piperazine rings is 1. The molecule has 0 bridgehead atoms. The molecule has 5 rings (SSSR count). The van der Waals surface area contributed by atoms with E-state index in [1.807, 2.05) is 63.2 Å². The molecule has 3 aromatic carbocycles. The maximum absolute atomic E-state index is 13.2. The normalized spacial score (nSPS) is 15.5. The predicted octanol–water partition coefficient (Wildman–Crippen LogP) is 6.17. The fraction of sp³-hybridized carbons (Fsp3) is 0.394. The number of benzene rings is 3. The number of hydrogen-bond acceptors (Lipinski definition) is 8. The zero-order chi connectivity index (χ0) is 32.9. The van der Waals surface area contributed by atoms with E-state index in [9.17, 15) is 21.6 Å². The number of nitrogens with one attached hydrogen (secondary N) is 1. The van der Waals surface area contributed by atoms with Gasteiger partial charge in [-0.2, -0.15) is 17.5 Å². The number of alkyl halides is 3. The Hall–Kier alpha value is -3.94. The van der Waals surface area contributed by atoms with Crippen molar-refractivity contribution in [2.75, 3.05) is 51.3 Å². The van der Waals surface area contributed by atoms with Crippen molar-refractivity contribution in [1.29, 1.82) is 0 Å². The van der Waals surface area contributed by atoms with Crippen LogP contribution in [0.1, 0.15) is 43.8 Å². The number of sulfonamides is 1. The summed E-state index contributed by atoms with van der Waals surface area (Å²) >= 11 is 0. The molecule has 46 heavy (non-hydrogen) atoms. The Labute approximate surface area is 267 Å².